The predicted octanol–water partition coefficient (Wildman–Crippen LogP) is -1.02. The Morgan fingerprint density at radius 1 is 1.54 bits per heavy atom. The summed E-state index contributed by atoms with van der Waals surface area (Å²) in [4.78, 5) is 19.9. The van der Waals surface area contributed by atoms with E-state index in [4.69, 9.17) is 11.5 Å². The minimum absolute atomic E-state index is 0.0723. The summed E-state index contributed by atoms with van der Waals surface area (Å²) >= 11 is 0. The van der Waals surface area contributed by atoms with Gasteiger partial charge in [0.25, 0.3) is 0 Å². The average Bonchev–Trinajstić information content (AvgIpc) is 2.03. The standard InChI is InChI=1S/C7H11N5O/c1-12(4-5(8)13)7-6(9)10-2-3-11-7/h2-3H,4H2,1H3,(H2,8,13)(H2,9,10). The second kappa shape index (κ2) is 3.70. The van der Waals surface area contributed by atoms with Crippen LogP contribution in [0, 0.1) is 0 Å². The van der Waals surface area contributed by atoms with E-state index in [1.807, 2.05) is 0 Å². The molecule has 6 nitrogen and oxygen atoms in total. The molecule has 0 fully saturated rings. The van der Waals surface area contributed by atoms with Gasteiger partial charge in [-0.05, 0) is 0 Å². The van der Waals surface area contributed by atoms with Crippen molar-refractivity contribution in [3.63, 3.8) is 0 Å². The Morgan fingerprint density at radius 3 is 2.69 bits per heavy atom. The highest BCUT2D eigenvalue weighted by Gasteiger charge is 2.08. The highest BCUT2D eigenvalue weighted by atomic mass is 16.1. The van der Waals surface area contributed by atoms with Crippen molar-refractivity contribution in [2.45, 2.75) is 0 Å². The quantitative estimate of drug-likeness (QED) is 0.622. The third-order valence-corrected chi connectivity index (χ3v) is 1.46. The van der Waals surface area contributed by atoms with Crippen LogP contribution in [0.3, 0.4) is 0 Å². The van der Waals surface area contributed by atoms with Crippen molar-refractivity contribution in [2.24, 2.45) is 5.73 Å². The maximum absolute atomic E-state index is 10.6. The number of rotatable bonds is 3. The Morgan fingerprint density at radius 2 is 2.15 bits per heavy atom. The summed E-state index contributed by atoms with van der Waals surface area (Å²) in [6.45, 7) is 0.0723. The average molecular weight is 181 g/mol. The fraction of sp³-hybridized carbons (Fsp3) is 0.286. The Kier molecular flexibility index (Phi) is 2.63. The van der Waals surface area contributed by atoms with Gasteiger partial charge in [0.2, 0.25) is 5.91 Å². The molecule has 6 heteroatoms. The second-order valence-corrected chi connectivity index (χ2v) is 2.59. The summed E-state index contributed by atoms with van der Waals surface area (Å²) in [6, 6.07) is 0. The van der Waals surface area contributed by atoms with Crippen LogP contribution < -0.4 is 16.4 Å². The van der Waals surface area contributed by atoms with E-state index in [0.29, 0.717) is 5.82 Å². The van der Waals surface area contributed by atoms with Gasteiger partial charge >= 0.3 is 0 Å². The molecule has 13 heavy (non-hydrogen) atoms. The van der Waals surface area contributed by atoms with Gasteiger partial charge in [-0.3, -0.25) is 4.79 Å². The third kappa shape index (κ3) is 2.29. The highest BCUT2D eigenvalue weighted by molar-refractivity contribution is 5.79. The van der Waals surface area contributed by atoms with Crippen molar-refractivity contribution in [3.05, 3.63) is 12.4 Å². The molecule has 1 rings (SSSR count). The Labute approximate surface area is 75.6 Å². The zero-order valence-electron chi connectivity index (χ0n) is 7.27. The molecule has 1 aromatic rings. The molecular formula is C7H11N5O. The number of carbonyl (C=O) groups excluding carboxylic acids is 1. The number of aromatic nitrogens is 2. The fourth-order valence-corrected chi connectivity index (χ4v) is 0.944. The van der Waals surface area contributed by atoms with Crippen LogP contribution in [0.25, 0.3) is 0 Å². The molecule has 0 aromatic carbocycles. The van der Waals surface area contributed by atoms with Crippen LogP contribution in [-0.2, 0) is 4.79 Å². The summed E-state index contributed by atoms with van der Waals surface area (Å²) < 4.78 is 0. The Bertz CT molecular complexity index is 314. The Hall–Kier alpha value is -1.85. The molecule has 4 N–H and O–H groups in total. The number of nitrogen functional groups attached to an aromatic ring is 1. The number of amides is 1. The van der Waals surface area contributed by atoms with Crippen molar-refractivity contribution in [1.29, 1.82) is 0 Å². The molecule has 1 amide bonds. The largest absolute Gasteiger partial charge is 0.381 e. The SMILES string of the molecule is CN(CC(N)=O)c1nccnc1N. The maximum atomic E-state index is 10.6. The van der Waals surface area contributed by atoms with Gasteiger partial charge in [0.15, 0.2) is 11.6 Å². The monoisotopic (exact) mass is 181 g/mol. The lowest BCUT2D eigenvalue weighted by Crippen LogP contribution is -2.31. The van der Waals surface area contributed by atoms with Crippen LogP contribution in [-0.4, -0.2) is 29.5 Å². The van der Waals surface area contributed by atoms with Gasteiger partial charge in [0.05, 0.1) is 6.54 Å². The number of anilines is 2. The summed E-state index contributed by atoms with van der Waals surface area (Å²) in [5.74, 6) is 0.306. The minimum atomic E-state index is -0.437. The number of hydrogen-bond donors (Lipinski definition) is 2. The van der Waals surface area contributed by atoms with Gasteiger partial charge in [-0.15, -0.1) is 0 Å². The van der Waals surface area contributed by atoms with Crippen LogP contribution in [0.1, 0.15) is 0 Å². The van der Waals surface area contributed by atoms with E-state index >= 15 is 0 Å². The zero-order chi connectivity index (χ0) is 9.84. The number of primary amides is 1. The first-order valence-electron chi connectivity index (χ1n) is 3.67. The van der Waals surface area contributed by atoms with Crippen molar-refractivity contribution in [3.8, 4) is 0 Å². The zero-order valence-corrected chi connectivity index (χ0v) is 7.27. The van der Waals surface area contributed by atoms with Gasteiger partial charge in [-0.2, -0.15) is 0 Å². The molecule has 1 heterocycles. The van der Waals surface area contributed by atoms with Crippen LogP contribution in [0.4, 0.5) is 11.6 Å². The van der Waals surface area contributed by atoms with E-state index in [2.05, 4.69) is 9.97 Å². The van der Waals surface area contributed by atoms with Crippen molar-refractivity contribution in [2.75, 3.05) is 24.2 Å². The molecule has 0 unspecified atom stereocenters. The van der Waals surface area contributed by atoms with E-state index in [0.717, 1.165) is 0 Å². The molecule has 0 radical (unpaired) electrons. The molecule has 0 aliphatic rings. The molecule has 70 valence electrons. The van der Waals surface area contributed by atoms with E-state index in [1.165, 1.54) is 12.4 Å². The van der Waals surface area contributed by atoms with Crippen molar-refractivity contribution < 1.29 is 4.79 Å². The lowest BCUT2D eigenvalue weighted by molar-refractivity contribution is -0.116. The van der Waals surface area contributed by atoms with Crippen molar-refractivity contribution in [1.82, 2.24) is 9.97 Å². The first-order valence-corrected chi connectivity index (χ1v) is 3.67. The third-order valence-electron chi connectivity index (χ3n) is 1.46. The van der Waals surface area contributed by atoms with Crippen LogP contribution in [0.5, 0.6) is 0 Å². The predicted molar refractivity (Wildman–Crippen MR) is 48.9 cm³/mol. The minimum Gasteiger partial charge on any atom is -0.381 e. The first kappa shape index (κ1) is 9.24. The summed E-state index contributed by atoms with van der Waals surface area (Å²) in [5, 5.41) is 0. The van der Waals surface area contributed by atoms with Gasteiger partial charge in [-0.1, -0.05) is 0 Å². The summed E-state index contributed by atoms with van der Waals surface area (Å²) in [7, 11) is 1.67. The fourth-order valence-electron chi connectivity index (χ4n) is 0.944. The van der Waals surface area contributed by atoms with E-state index in [9.17, 15) is 4.79 Å². The number of hydrogen-bond acceptors (Lipinski definition) is 5. The van der Waals surface area contributed by atoms with Crippen LogP contribution >= 0.6 is 0 Å². The highest BCUT2D eigenvalue weighted by Crippen LogP contribution is 2.13. The van der Waals surface area contributed by atoms with Gasteiger partial charge in [-0.25, -0.2) is 9.97 Å². The number of nitrogens with zero attached hydrogens (tertiary/aromatic N) is 3. The molecule has 0 aliphatic heterocycles. The van der Waals surface area contributed by atoms with Crippen LogP contribution in [0.2, 0.25) is 0 Å². The molecule has 0 bridgehead atoms. The lowest BCUT2D eigenvalue weighted by Gasteiger charge is -2.16. The molecular weight excluding hydrogens is 170 g/mol. The maximum Gasteiger partial charge on any atom is 0.236 e. The normalized spacial score (nSPS) is 9.62. The summed E-state index contributed by atoms with van der Waals surface area (Å²) in [6.07, 6.45) is 2.99. The number of nitrogens with two attached hydrogens (primary N) is 2. The molecule has 0 atom stereocenters. The molecule has 1 aromatic heterocycles. The smallest absolute Gasteiger partial charge is 0.236 e. The molecule has 0 aliphatic carbocycles. The summed E-state index contributed by atoms with van der Waals surface area (Å²) in [5.41, 5.74) is 10.5. The van der Waals surface area contributed by atoms with Gasteiger partial charge in [0, 0.05) is 19.4 Å². The molecule has 0 saturated carbocycles. The number of carbonyl (C=O) groups is 1. The van der Waals surface area contributed by atoms with E-state index in [1.54, 1.807) is 11.9 Å². The van der Waals surface area contributed by atoms with Gasteiger partial charge in [0.1, 0.15) is 0 Å². The van der Waals surface area contributed by atoms with Crippen molar-refractivity contribution >= 4 is 17.5 Å². The second-order valence-electron chi connectivity index (χ2n) is 2.59. The molecule has 0 saturated heterocycles. The lowest BCUT2D eigenvalue weighted by atomic mass is 10.5. The number of likely N-dealkylation sites (N-methyl/N-ethyl adjacent to an activating group) is 1. The van der Waals surface area contributed by atoms with Crippen LogP contribution in [0.15, 0.2) is 12.4 Å². The van der Waals surface area contributed by atoms with E-state index < -0.39 is 5.91 Å². The Balaban J connectivity index is 2.82. The van der Waals surface area contributed by atoms with Gasteiger partial charge < -0.3 is 16.4 Å². The molecule has 0 spiro atoms. The first-order chi connectivity index (χ1) is 6.11. The van der Waals surface area contributed by atoms with E-state index in [-0.39, 0.29) is 12.4 Å². The topological polar surface area (TPSA) is 98.1 Å².